The van der Waals surface area contributed by atoms with Gasteiger partial charge >= 0.3 is 12.1 Å². The molecule has 0 atom stereocenters. The van der Waals surface area contributed by atoms with Gasteiger partial charge in [0.05, 0.1) is 5.69 Å². The summed E-state index contributed by atoms with van der Waals surface area (Å²) in [4.78, 5) is 42.0. The lowest BCUT2D eigenvalue weighted by atomic mass is 9.98. The van der Waals surface area contributed by atoms with Crippen LogP contribution in [-0.2, 0) is 9.53 Å². The summed E-state index contributed by atoms with van der Waals surface area (Å²) in [7, 11) is 0. The van der Waals surface area contributed by atoms with E-state index in [4.69, 9.17) is 9.84 Å². The Labute approximate surface area is 200 Å². The molecule has 1 heterocycles. The second-order valence-corrected chi connectivity index (χ2v) is 8.75. The molecule has 2 aromatic carbocycles. The number of carbonyl (C=O) groups is 3. The second kappa shape index (κ2) is 9.88. The summed E-state index contributed by atoms with van der Waals surface area (Å²) in [5, 5.41) is 11.8. The van der Waals surface area contributed by atoms with Crippen LogP contribution in [0.1, 0.15) is 32.4 Å². The van der Waals surface area contributed by atoms with Gasteiger partial charge in [0.15, 0.2) is 5.13 Å². The maximum atomic E-state index is 12.8. The van der Waals surface area contributed by atoms with E-state index in [1.54, 1.807) is 6.92 Å². The summed E-state index contributed by atoms with van der Waals surface area (Å²) in [5.41, 5.74) is 4.88. The van der Waals surface area contributed by atoms with E-state index in [1.165, 1.54) is 6.08 Å². The van der Waals surface area contributed by atoms with Gasteiger partial charge in [-0.15, -0.1) is 6.58 Å². The fourth-order valence-electron chi connectivity index (χ4n) is 4.05. The number of carboxylic acids is 1. The maximum absolute atomic E-state index is 12.8. The summed E-state index contributed by atoms with van der Waals surface area (Å²) in [5.74, 6) is -1.69. The summed E-state index contributed by atoms with van der Waals surface area (Å²) >= 11 is 0.971. The Kier molecular flexibility index (Phi) is 6.74. The highest BCUT2D eigenvalue weighted by Gasteiger charge is 2.29. The molecule has 8 nitrogen and oxygen atoms in total. The van der Waals surface area contributed by atoms with Crippen molar-refractivity contribution >= 4 is 34.4 Å². The van der Waals surface area contributed by atoms with E-state index in [-0.39, 0.29) is 29.1 Å². The van der Waals surface area contributed by atoms with Crippen LogP contribution in [0.5, 0.6) is 0 Å². The number of nitrogens with zero attached hydrogens (tertiary/aromatic N) is 2. The summed E-state index contributed by atoms with van der Waals surface area (Å²) in [6, 6.07) is 16.1. The van der Waals surface area contributed by atoms with Crippen molar-refractivity contribution in [2.45, 2.75) is 12.8 Å². The number of aliphatic carboxylic acids is 1. The van der Waals surface area contributed by atoms with Crippen LogP contribution in [0, 0.1) is 6.92 Å². The normalized spacial score (nSPS) is 11.9. The van der Waals surface area contributed by atoms with Crippen LogP contribution in [0.15, 0.2) is 61.2 Å². The number of fused-ring (bicyclic) bond motifs is 3. The smallest absolute Gasteiger partial charge is 0.413 e. The van der Waals surface area contributed by atoms with Crippen molar-refractivity contribution in [3.8, 4) is 11.1 Å². The van der Waals surface area contributed by atoms with Crippen molar-refractivity contribution in [3.05, 3.63) is 82.9 Å². The van der Waals surface area contributed by atoms with Crippen molar-refractivity contribution in [1.29, 1.82) is 0 Å². The van der Waals surface area contributed by atoms with Crippen LogP contribution in [0.3, 0.4) is 0 Å². The van der Waals surface area contributed by atoms with Crippen LogP contribution in [0.2, 0.25) is 0 Å². The molecule has 34 heavy (non-hydrogen) atoms. The average molecular weight is 478 g/mol. The first-order valence-electron chi connectivity index (χ1n) is 10.6. The van der Waals surface area contributed by atoms with Gasteiger partial charge in [-0.2, -0.15) is 0 Å². The highest BCUT2D eigenvalue weighted by atomic mass is 32.1. The summed E-state index contributed by atoms with van der Waals surface area (Å²) in [6.45, 7) is 4.96. The molecule has 9 heteroatoms. The number of carboxylic acid groups (broad SMARTS) is 1. The van der Waals surface area contributed by atoms with Crippen LogP contribution in [-0.4, -0.2) is 52.7 Å². The largest absolute Gasteiger partial charge is 0.480 e. The number of aromatic nitrogens is 1. The predicted molar refractivity (Wildman–Crippen MR) is 129 cm³/mol. The number of nitrogens with one attached hydrogen (secondary N) is 1. The molecule has 0 unspecified atom stereocenters. The zero-order valence-corrected chi connectivity index (χ0v) is 19.3. The highest BCUT2D eigenvalue weighted by molar-refractivity contribution is 7.17. The van der Waals surface area contributed by atoms with Gasteiger partial charge in [-0.3, -0.25) is 14.9 Å². The molecule has 174 valence electrons. The molecule has 0 fully saturated rings. The lowest BCUT2D eigenvalue weighted by Crippen LogP contribution is -2.35. The number of anilines is 1. The van der Waals surface area contributed by atoms with Gasteiger partial charge in [0, 0.05) is 12.5 Å². The van der Waals surface area contributed by atoms with Gasteiger partial charge in [0.2, 0.25) is 0 Å². The van der Waals surface area contributed by atoms with E-state index >= 15 is 0 Å². The van der Waals surface area contributed by atoms with Crippen molar-refractivity contribution in [3.63, 3.8) is 0 Å². The molecule has 0 spiro atoms. The van der Waals surface area contributed by atoms with Gasteiger partial charge in [-0.25, -0.2) is 9.78 Å². The Morgan fingerprint density at radius 3 is 2.35 bits per heavy atom. The molecule has 0 bridgehead atoms. The number of thiazole rings is 1. The molecule has 0 aliphatic heterocycles. The topological polar surface area (TPSA) is 109 Å². The number of hydrogen-bond donors (Lipinski definition) is 2. The Balaban J connectivity index is 1.43. The van der Waals surface area contributed by atoms with E-state index in [0.29, 0.717) is 5.69 Å². The minimum Gasteiger partial charge on any atom is -0.480 e. The van der Waals surface area contributed by atoms with E-state index < -0.39 is 24.5 Å². The molecule has 4 rings (SSSR count). The van der Waals surface area contributed by atoms with E-state index in [2.05, 4.69) is 29.0 Å². The molecular formula is C25H23N3O5S. The lowest BCUT2D eigenvalue weighted by Gasteiger charge is -2.17. The third-order valence-corrected chi connectivity index (χ3v) is 6.57. The minimum absolute atomic E-state index is 0.0724. The molecule has 1 aromatic heterocycles. The third kappa shape index (κ3) is 4.69. The zero-order chi connectivity index (χ0) is 24.2. The monoisotopic (exact) mass is 477 g/mol. The van der Waals surface area contributed by atoms with E-state index in [9.17, 15) is 14.4 Å². The minimum atomic E-state index is -1.13. The van der Waals surface area contributed by atoms with Gasteiger partial charge in [-0.1, -0.05) is 65.9 Å². The van der Waals surface area contributed by atoms with E-state index in [0.717, 1.165) is 38.5 Å². The Hall–Kier alpha value is -3.98. The zero-order valence-electron chi connectivity index (χ0n) is 18.5. The quantitative estimate of drug-likeness (QED) is 0.462. The van der Waals surface area contributed by atoms with Crippen molar-refractivity contribution in [1.82, 2.24) is 9.88 Å². The van der Waals surface area contributed by atoms with Crippen molar-refractivity contribution in [2.75, 3.05) is 25.0 Å². The molecule has 1 aliphatic carbocycles. The number of hydrogen-bond acceptors (Lipinski definition) is 6. The van der Waals surface area contributed by atoms with Crippen molar-refractivity contribution in [2.24, 2.45) is 0 Å². The summed E-state index contributed by atoms with van der Waals surface area (Å²) < 4.78 is 5.52. The Morgan fingerprint density at radius 2 is 1.76 bits per heavy atom. The van der Waals surface area contributed by atoms with Gasteiger partial charge in [-0.05, 0) is 29.2 Å². The predicted octanol–water partition coefficient (Wildman–Crippen LogP) is 4.53. The first-order valence-corrected chi connectivity index (χ1v) is 11.4. The van der Waals surface area contributed by atoms with Crippen LogP contribution in [0.25, 0.3) is 11.1 Å². The number of ether oxygens (including phenoxy) is 1. The van der Waals surface area contributed by atoms with Gasteiger partial charge < -0.3 is 14.7 Å². The highest BCUT2D eigenvalue weighted by Crippen LogP contribution is 2.44. The summed E-state index contributed by atoms with van der Waals surface area (Å²) in [6.07, 6.45) is 0.774. The SMILES string of the molecule is C=CCN(CC(=O)O)C(=O)c1sc(NC(=O)OCC2c3ccccc3-c3ccccc32)nc1C. The lowest BCUT2D eigenvalue weighted by molar-refractivity contribution is -0.137. The Bertz CT molecular complexity index is 1220. The van der Waals surface area contributed by atoms with Crippen molar-refractivity contribution < 1.29 is 24.2 Å². The number of rotatable bonds is 8. The molecule has 1 aliphatic rings. The standard InChI is InChI=1S/C25H23N3O5S/c1-3-12-28(13-21(29)30)23(31)22-15(2)26-24(34-22)27-25(32)33-14-20-18-10-6-4-8-16(18)17-9-5-7-11-19(17)20/h3-11,20H,1,12-14H2,2H3,(H,29,30)(H,26,27,32). The van der Waals surface area contributed by atoms with Gasteiger partial charge in [0.25, 0.3) is 5.91 Å². The second-order valence-electron chi connectivity index (χ2n) is 7.75. The molecule has 0 saturated heterocycles. The van der Waals surface area contributed by atoms with Crippen LogP contribution >= 0.6 is 11.3 Å². The number of benzene rings is 2. The average Bonchev–Trinajstić information content (AvgIpc) is 3.34. The number of aryl methyl sites for hydroxylation is 1. The molecular weight excluding hydrogens is 454 g/mol. The molecule has 0 saturated carbocycles. The maximum Gasteiger partial charge on any atom is 0.413 e. The van der Waals surface area contributed by atoms with E-state index in [1.807, 2.05) is 36.4 Å². The molecule has 0 radical (unpaired) electrons. The number of carbonyl (C=O) groups excluding carboxylic acids is 2. The molecule has 2 amide bonds. The fraction of sp³-hybridized carbons (Fsp3) is 0.200. The van der Waals surface area contributed by atoms with Crippen LogP contribution in [0.4, 0.5) is 9.93 Å². The Morgan fingerprint density at radius 1 is 1.15 bits per heavy atom. The third-order valence-electron chi connectivity index (χ3n) is 5.51. The fourth-order valence-corrected chi connectivity index (χ4v) is 4.97. The van der Waals surface area contributed by atoms with Gasteiger partial charge in [0.1, 0.15) is 18.0 Å². The first kappa shape index (κ1) is 23.2. The first-order chi connectivity index (χ1) is 16.4. The molecule has 3 aromatic rings. The molecule has 2 N–H and O–H groups in total. The number of amides is 2. The van der Waals surface area contributed by atoms with Crippen LogP contribution < -0.4 is 5.32 Å².